The maximum absolute atomic E-state index is 12.9. The molecule has 0 amide bonds. The Kier molecular flexibility index (Phi) is 4.21. The number of hydrogen-bond donors (Lipinski definition) is 1. The van der Waals surface area contributed by atoms with Crippen LogP contribution in [-0.4, -0.2) is 22.7 Å². The largest absolute Gasteiger partial charge is 0.378 e. The van der Waals surface area contributed by atoms with Crippen molar-refractivity contribution in [1.82, 2.24) is 9.97 Å². The Hall–Kier alpha value is -1.98. The standard InChI is InChI=1S/C20H22N2O2S/c1-11-4-6-14(7-5-11)16-13(3)25-20-17(16)19(23)21-18(22-20)15-8-9-24-12(2)10-15/h4-7,12,15H,8-10H2,1-3H3,(H,21,22,23)/t12-,15-/m0/s1. The van der Waals surface area contributed by atoms with E-state index in [1.54, 1.807) is 11.3 Å². The summed E-state index contributed by atoms with van der Waals surface area (Å²) in [5.41, 5.74) is 3.28. The number of nitrogens with zero attached hydrogens (tertiary/aromatic N) is 1. The molecule has 130 valence electrons. The first-order chi connectivity index (χ1) is 12.0. The van der Waals surface area contributed by atoms with Gasteiger partial charge in [-0.25, -0.2) is 4.98 Å². The van der Waals surface area contributed by atoms with Crippen molar-refractivity contribution >= 4 is 21.6 Å². The molecular weight excluding hydrogens is 332 g/mol. The fourth-order valence-electron chi connectivity index (χ4n) is 3.64. The molecule has 5 heteroatoms. The van der Waals surface area contributed by atoms with Gasteiger partial charge in [0.2, 0.25) is 0 Å². The molecule has 1 aliphatic rings. The average molecular weight is 354 g/mol. The maximum atomic E-state index is 12.9. The predicted molar refractivity (Wildman–Crippen MR) is 103 cm³/mol. The first kappa shape index (κ1) is 16.5. The summed E-state index contributed by atoms with van der Waals surface area (Å²) in [6.45, 7) is 6.94. The Morgan fingerprint density at radius 1 is 1.24 bits per heavy atom. The first-order valence-electron chi connectivity index (χ1n) is 8.75. The zero-order chi connectivity index (χ0) is 17.6. The number of aryl methyl sites for hydroxylation is 2. The van der Waals surface area contributed by atoms with Crippen LogP contribution in [0.5, 0.6) is 0 Å². The fraction of sp³-hybridized carbons (Fsp3) is 0.400. The number of benzene rings is 1. The number of nitrogens with one attached hydrogen (secondary N) is 1. The molecule has 3 aromatic rings. The number of hydrogen-bond acceptors (Lipinski definition) is 4. The highest BCUT2D eigenvalue weighted by molar-refractivity contribution is 7.19. The average Bonchev–Trinajstić information content (AvgIpc) is 2.92. The summed E-state index contributed by atoms with van der Waals surface area (Å²) in [7, 11) is 0. The Labute approximate surface area is 150 Å². The Morgan fingerprint density at radius 2 is 2.00 bits per heavy atom. The molecule has 1 fully saturated rings. The summed E-state index contributed by atoms with van der Waals surface area (Å²) < 4.78 is 5.62. The third kappa shape index (κ3) is 3.02. The molecule has 0 spiro atoms. The minimum atomic E-state index is -0.0286. The van der Waals surface area contributed by atoms with Crippen LogP contribution >= 0.6 is 11.3 Å². The van der Waals surface area contributed by atoms with Crippen LogP contribution in [0.25, 0.3) is 21.3 Å². The highest BCUT2D eigenvalue weighted by Crippen LogP contribution is 2.36. The molecule has 0 bridgehead atoms. The number of ether oxygens (including phenoxy) is 1. The number of thiophene rings is 1. The van der Waals surface area contributed by atoms with Gasteiger partial charge < -0.3 is 9.72 Å². The molecule has 25 heavy (non-hydrogen) atoms. The second-order valence-corrected chi connectivity index (χ2v) is 8.14. The molecule has 3 heterocycles. The van der Waals surface area contributed by atoms with Gasteiger partial charge >= 0.3 is 0 Å². The van der Waals surface area contributed by atoms with Gasteiger partial charge in [-0.3, -0.25) is 4.79 Å². The minimum Gasteiger partial charge on any atom is -0.378 e. The van der Waals surface area contributed by atoms with E-state index in [-0.39, 0.29) is 17.6 Å². The van der Waals surface area contributed by atoms with Crippen molar-refractivity contribution in [2.75, 3.05) is 6.61 Å². The second-order valence-electron chi connectivity index (χ2n) is 6.93. The van der Waals surface area contributed by atoms with Gasteiger partial charge in [-0.15, -0.1) is 11.3 Å². The van der Waals surface area contributed by atoms with E-state index in [9.17, 15) is 4.79 Å². The molecule has 2 atom stereocenters. The zero-order valence-electron chi connectivity index (χ0n) is 14.8. The van der Waals surface area contributed by atoms with Crippen molar-refractivity contribution in [1.29, 1.82) is 0 Å². The van der Waals surface area contributed by atoms with E-state index in [0.29, 0.717) is 0 Å². The van der Waals surface area contributed by atoms with Crippen molar-refractivity contribution in [3.05, 3.63) is 50.9 Å². The Balaban J connectivity index is 1.84. The van der Waals surface area contributed by atoms with Crippen molar-refractivity contribution in [3.63, 3.8) is 0 Å². The van der Waals surface area contributed by atoms with Crippen LogP contribution in [0.4, 0.5) is 0 Å². The lowest BCUT2D eigenvalue weighted by molar-refractivity contribution is 0.0173. The van der Waals surface area contributed by atoms with E-state index in [0.717, 1.165) is 51.5 Å². The normalized spacial score (nSPS) is 20.9. The van der Waals surface area contributed by atoms with Crippen LogP contribution in [0.3, 0.4) is 0 Å². The quantitative estimate of drug-likeness (QED) is 0.734. The van der Waals surface area contributed by atoms with Crippen molar-refractivity contribution in [2.24, 2.45) is 0 Å². The molecule has 0 unspecified atom stereocenters. The second kappa shape index (κ2) is 6.39. The number of aromatic amines is 1. The van der Waals surface area contributed by atoms with Crippen molar-refractivity contribution < 1.29 is 4.74 Å². The Bertz CT molecular complexity index is 972. The molecule has 4 rings (SSSR count). The molecule has 0 aliphatic carbocycles. The molecule has 4 nitrogen and oxygen atoms in total. The molecule has 2 aromatic heterocycles. The third-order valence-electron chi connectivity index (χ3n) is 4.97. The van der Waals surface area contributed by atoms with Crippen LogP contribution < -0.4 is 5.56 Å². The van der Waals surface area contributed by atoms with E-state index in [1.165, 1.54) is 5.56 Å². The van der Waals surface area contributed by atoms with Gasteiger partial charge in [-0.2, -0.15) is 0 Å². The summed E-state index contributed by atoms with van der Waals surface area (Å²) in [5, 5.41) is 0.718. The van der Waals surface area contributed by atoms with E-state index in [2.05, 4.69) is 50.0 Å². The highest BCUT2D eigenvalue weighted by Gasteiger charge is 2.25. The molecule has 1 aromatic carbocycles. The lowest BCUT2D eigenvalue weighted by atomic mass is 9.95. The van der Waals surface area contributed by atoms with E-state index < -0.39 is 0 Å². The first-order valence-corrected chi connectivity index (χ1v) is 9.56. The fourth-order valence-corrected chi connectivity index (χ4v) is 4.70. The van der Waals surface area contributed by atoms with Gasteiger partial charge in [0, 0.05) is 23.0 Å². The summed E-state index contributed by atoms with van der Waals surface area (Å²) in [6.07, 6.45) is 2.03. The maximum Gasteiger partial charge on any atom is 0.260 e. The van der Waals surface area contributed by atoms with Crippen LogP contribution in [0.1, 0.15) is 41.9 Å². The molecule has 1 N–H and O–H groups in total. The number of fused-ring (bicyclic) bond motifs is 1. The lowest BCUT2D eigenvalue weighted by Crippen LogP contribution is -2.24. The third-order valence-corrected chi connectivity index (χ3v) is 5.97. The highest BCUT2D eigenvalue weighted by atomic mass is 32.1. The van der Waals surface area contributed by atoms with E-state index >= 15 is 0 Å². The lowest BCUT2D eigenvalue weighted by Gasteiger charge is -2.26. The van der Waals surface area contributed by atoms with Gasteiger partial charge in [-0.05, 0) is 39.2 Å². The monoisotopic (exact) mass is 354 g/mol. The predicted octanol–water partition coefficient (Wildman–Crippen LogP) is 4.55. The van der Waals surface area contributed by atoms with Crippen molar-refractivity contribution in [3.8, 4) is 11.1 Å². The number of H-pyrrole nitrogens is 1. The van der Waals surface area contributed by atoms with Crippen LogP contribution in [0, 0.1) is 13.8 Å². The number of aromatic nitrogens is 2. The minimum absolute atomic E-state index is 0.0286. The smallest absolute Gasteiger partial charge is 0.260 e. The summed E-state index contributed by atoms with van der Waals surface area (Å²) >= 11 is 1.61. The van der Waals surface area contributed by atoms with Crippen LogP contribution in [0.2, 0.25) is 0 Å². The molecule has 0 radical (unpaired) electrons. The van der Waals surface area contributed by atoms with Gasteiger partial charge in [0.1, 0.15) is 10.7 Å². The van der Waals surface area contributed by atoms with Crippen LogP contribution in [0.15, 0.2) is 29.1 Å². The SMILES string of the molecule is Cc1ccc(-c2c(C)sc3nc([C@H]4CCO[C@@H](C)C4)[nH]c(=O)c23)cc1. The summed E-state index contributed by atoms with van der Waals surface area (Å²) in [6, 6.07) is 8.32. The summed E-state index contributed by atoms with van der Waals surface area (Å²) in [5.74, 6) is 1.08. The zero-order valence-corrected chi connectivity index (χ0v) is 15.6. The van der Waals surface area contributed by atoms with E-state index in [1.807, 2.05) is 0 Å². The molecule has 1 saturated heterocycles. The molecule has 0 saturated carbocycles. The molecule has 1 aliphatic heterocycles. The topological polar surface area (TPSA) is 55.0 Å². The Morgan fingerprint density at radius 3 is 2.72 bits per heavy atom. The van der Waals surface area contributed by atoms with Gasteiger partial charge in [0.25, 0.3) is 5.56 Å². The molecular formula is C20H22N2O2S. The van der Waals surface area contributed by atoms with Crippen molar-refractivity contribution in [2.45, 2.75) is 45.6 Å². The van der Waals surface area contributed by atoms with E-state index in [4.69, 9.17) is 9.72 Å². The van der Waals surface area contributed by atoms with Crippen LogP contribution in [-0.2, 0) is 4.74 Å². The summed E-state index contributed by atoms with van der Waals surface area (Å²) in [4.78, 5) is 22.7. The van der Waals surface area contributed by atoms with Gasteiger partial charge in [0.05, 0.1) is 11.5 Å². The number of rotatable bonds is 2. The van der Waals surface area contributed by atoms with Gasteiger partial charge in [0.15, 0.2) is 0 Å². The van der Waals surface area contributed by atoms with Gasteiger partial charge in [-0.1, -0.05) is 29.8 Å².